The number of carbonyl (C=O) groups is 3. The Kier molecular flexibility index (Phi) is 8.82. The molecule has 0 spiro atoms. The molecule has 0 radical (unpaired) electrons. The summed E-state index contributed by atoms with van der Waals surface area (Å²) in [6.45, 7) is 12.9. The molecule has 2 N–H and O–H groups in total. The summed E-state index contributed by atoms with van der Waals surface area (Å²) in [5.74, 6) is -0.841. The fraction of sp³-hybridized carbons (Fsp3) is 0.812. The van der Waals surface area contributed by atoms with Gasteiger partial charge in [0.25, 0.3) is 5.91 Å². The van der Waals surface area contributed by atoms with Crippen LogP contribution in [0.5, 0.6) is 0 Å². The molecule has 2 unspecified atom stereocenters. The number of amides is 3. The molecule has 0 aliphatic rings. The molecule has 0 rings (SSSR count). The smallest absolute Gasteiger partial charge is 0.335 e. The minimum Gasteiger partial charge on any atom is -0.451 e. The molecule has 0 aromatic carbocycles. The van der Waals surface area contributed by atoms with Gasteiger partial charge < -0.3 is 14.8 Å². The lowest BCUT2D eigenvalue weighted by Crippen LogP contribution is -2.50. The lowest BCUT2D eigenvalue weighted by Gasteiger charge is -2.21. The highest BCUT2D eigenvalue weighted by Crippen LogP contribution is 2.04. The van der Waals surface area contributed by atoms with Gasteiger partial charge in [0.05, 0.1) is 0 Å². The molecule has 2 atom stereocenters. The fourth-order valence-electron chi connectivity index (χ4n) is 1.46. The maximum Gasteiger partial charge on any atom is 0.335 e. The van der Waals surface area contributed by atoms with Crippen LogP contribution in [0.2, 0.25) is 0 Å². The Hall–Kier alpha value is -1.63. The predicted molar refractivity (Wildman–Crippen MR) is 86.9 cm³/mol. The molecule has 0 aliphatic carbocycles. The SMILES string of the molecule is CC(C)CCOC(C)C(=O)OC(C)C(=O)NC(=O)NC(C)(C)C. The monoisotopic (exact) mass is 330 g/mol. The third-order valence-corrected chi connectivity index (χ3v) is 2.78. The zero-order valence-electron chi connectivity index (χ0n) is 15.2. The Bertz CT molecular complexity index is 415. The second-order valence-electron chi connectivity index (χ2n) is 6.97. The number of carbonyl (C=O) groups excluding carboxylic acids is 3. The number of hydrogen-bond acceptors (Lipinski definition) is 5. The molecule has 0 aromatic heterocycles. The van der Waals surface area contributed by atoms with Gasteiger partial charge in [-0.15, -0.1) is 0 Å². The minimum absolute atomic E-state index is 0.447. The Morgan fingerprint density at radius 2 is 1.57 bits per heavy atom. The van der Waals surface area contributed by atoms with E-state index in [-0.39, 0.29) is 0 Å². The van der Waals surface area contributed by atoms with Gasteiger partial charge >= 0.3 is 12.0 Å². The van der Waals surface area contributed by atoms with E-state index in [1.807, 2.05) is 0 Å². The third-order valence-electron chi connectivity index (χ3n) is 2.78. The number of esters is 1. The van der Waals surface area contributed by atoms with Crippen molar-refractivity contribution in [3.8, 4) is 0 Å². The Morgan fingerprint density at radius 1 is 1.00 bits per heavy atom. The van der Waals surface area contributed by atoms with Gasteiger partial charge in [-0.2, -0.15) is 0 Å². The van der Waals surface area contributed by atoms with Crippen molar-refractivity contribution in [2.75, 3.05) is 6.61 Å². The van der Waals surface area contributed by atoms with E-state index in [0.29, 0.717) is 12.5 Å². The largest absolute Gasteiger partial charge is 0.451 e. The summed E-state index contributed by atoms with van der Waals surface area (Å²) in [7, 11) is 0. The average Bonchev–Trinajstić information content (AvgIpc) is 2.35. The lowest BCUT2D eigenvalue weighted by molar-refractivity contribution is -0.164. The first-order valence-corrected chi connectivity index (χ1v) is 7.87. The first-order valence-electron chi connectivity index (χ1n) is 7.87. The maximum absolute atomic E-state index is 11.8. The van der Waals surface area contributed by atoms with Crippen LogP contribution in [-0.2, 0) is 19.1 Å². The van der Waals surface area contributed by atoms with E-state index in [9.17, 15) is 14.4 Å². The molecule has 23 heavy (non-hydrogen) atoms. The second kappa shape index (κ2) is 9.50. The summed E-state index contributed by atoms with van der Waals surface area (Å²) in [6, 6.07) is -0.633. The Morgan fingerprint density at radius 3 is 2.04 bits per heavy atom. The molecule has 7 heteroatoms. The first-order chi connectivity index (χ1) is 10.4. The van der Waals surface area contributed by atoms with Crippen LogP contribution in [0.4, 0.5) is 4.79 Å². The molecule has 0 aromatic rings. The van der Waals surface area contributed by atoms with Gasteiger partial charge in [0, 0.05) is 12.1 Å². The fourth-order valence-corrected chi connectivity index (χ4v) is 1.46. The van der Waals surface area contributed by atoms with E-state index in [0.717, 1.165) is 6.42 Å². The standard InChI is InChI=1S/C16H30N2O5/c1-10(2)8-9-22-12(4)14(20)23-11(3)13(19)17-15(21)18-16(5,6)7/h10-12H,8-9H2,1-7H3,(H2,17,18,19,21). The van der Waals surface area contributed by atoms with Gasteiger partial charge in [0.2, 0.25) is 0 Å². The van der Waals surface area contributed by atoms with E-state index in [4.69, 9.17) is 9.47 Å². The summed E-state index contributed by atoms with van der Waals surface area (Å²) < 4.78 is 10.4. The molecule has 0 aliphatic heterocycles. The normalized spacial score (nSPS) is 14.1. The molecule has 0 saturated heterocycles. The molecule has 7 nitrogen and oxygen atoms in total. The summed E-state index contributed by atoms with van der Waals surface area (Å²) >= 11 is 0. The second-order valence-corrected chi connectivity index (χ2v) is 6.97. The van der Waals surface area contributed by atoms with Crippen LogP contribution < -0.4 is 10.6 Å². The zero-order chi connectivity index (χ0) is 18.2. The van der Waals surface area contributed by atoms with Crippen molar-refractivity contribution in [2.24, 2.45) is 5.92 Å². The van der Waals surface area contributed by atoms with Crippen molar-refractivity contribution in [2.45, 2.75) is 72.6 Å². The van der Waals surface area contributed by atoms with Gasteiger partial charge in [-0.05, 0) is 47.0 Å². The van der Waals surface area contributed by atoms with E-state index >= 15 is 0 Å². The highest BCUT2D eigenvalue weighted by Gasteiger charge is 2.24. The Balaban J connectivity index is 4.24. The van der Waals surface area contributed by atoms with Crippen molar-refractivity contribution in [1.82, 2.24) is 10.6 Å². The van der Waals surface area contributed by atoms with Crippen molar-refractivity contribution in [3.05, 3.63) is 0 Å². The van der Waals surface area contributed by atoms with Crippen LogP contribution in [0.3, 0.4) is 0 Å². The molecule has 3 amide bonds. The van der Waals surface area contributed by atoms with E-state index < -0.39 is 35.7 Å². The van der Waals surface area contributed by atoms with Gasteiger partial charge in [-0.1, -0.05) is 13.8 Å². The molecule has 0 heterocycles. The average molecular weight is 330 g/mol. The van der Waals surface area contributed by atoms with Crippen LogP contribution in [0.1, 0.15) is 54.9 Å². The summed E-state index contributed by atoms with van der Waals surface area (Å²) in [4.78, 5) is 35.2. The van der Waals surface area contributed by atoms with Crippen molar-refractivity contribution in [3.63, 3.8) is 0 Å². The van der Waals surface area contributed by atoms with Crippen LogP contribution >= 0.6 is 0 Å². The molecule has 0 saturated carbocycles. The van der Waals surface area contributed by atoms with E-state index in [1.165, 1.54) is 6.92 Å². The number of ether oxygens (including phenoxy) is 2. The minimum atomic E-state index is -1.08. The highest BCUT2D eigenvalue weighted by atomic mass is 16.6. The van der Waals surface area contributed by atoms with Crippen LogP contribution in [0.25, 0.3) is 0 Å². The molecule has 0 bridgehead atoms. The quantitative estimate of drug-likeness (QED) is 0.696. The van der Waals surface area contributed by atoms with Gasteiger partial charge in [-0.25, -0.2) is 9.59 Å². The number of imide groups is 1. The maximum atomic E-state index is 11.8. The highest BCUT2D eigenvalue weighted by molar-refractivity contribution is 5.97. The van der Waals surface area contributed by atoms with Crippen LogP contribution in [-0.4, -0.2) is 42.3 Å². The third kappa shape index (κ3) is 10.7. The van der Waals surface area contributed by atoms with Crippen LogP contribution in [0, 0.1) is 5.92 Å². The predicted octanol–water partition coefficient (Wildman–Crippen LogP) is 1.99. The topological polar surface area (TPSA) is 93.7 Å². The molecule has 0 fully saturated rings. The van der Waals surface area contributed by atoms with Gasteiger partial charge in [-0.3, -0.25) is 10.1 Å². The number of rotatable bonds is 7. The van der Waals surface area contributed by atoms with Crippen molar-refractivity contribution in [1.29, 1.82) is 0 Å². The summed E-state index contributed by atoms with van der Waals surface area (Å²) in [5.41, 5.74) is -0.469. The molecular formula is C16H30N2O5. The van der Waals surface area contributed by atoms with E-state index in [2.05, 4.69) is 24.5 Å². The van der Waals surface area contributed by atoms with Crippen LogP contribution in [0.15, 0.2) is 0 Å². The number of urea groups is 1. The van der Waals surface area contributed by atoms with Gasteiger partial charge in [0.1, 0.15) is 0 Å². The van der Waals surface area contributed by atoms with Crippen molar-refractivity contribution < 1.29 is 23.9 Å². The lowest BCUT2D eigenvalue weighted by atomic mass is 10.1. The summed E-state index contributed by atoms with van der Waals surface area (Å²) in [5, 5.41) is 4.72. The van der Waals surface area contributed by atoms with E-state index in [1.54, 1.807) is 27.7 Å². The number of hydrogen-bond donors (Lipinski definition) is 2. The number of nitrogens with one attached hydrogen (secondary N) is 2. The first kappa shape index (κ1) is 21.4. The molecule has 134 valence electrons. The zero-order valence-corrected chi connectivity index (χ0v) is 15.2. The Labute approximate surface area is 138 Å². The van der Waals surface area contributed by atoms with Gasteiger partial charge in [0.15, 0.2) is 12.2 Å². The van der Waals surface area contributed by atoms with Crippen molar-refractivity contribution >= 4 is 17.9 Å². The summed E-state index contributed by atoms with van der Waals surface area (Å²) in [6.07, 6.45) is -1.00. The molecular weight excluding hydrogens is 300 g/mol.